The molecule has 0 bridgehead atoms. The van der Waals surface area contributed by atoms with Gasteiger partial charge in [0.05, 0.1) is 75.5 Å². The summed E-state index contributed by atoms with van der Waals surface area (Å²) >= 11 is 0. The Bertz CT molecular complexity index is 1050. The Morgan fingerprint density at radius 2 is 1.35 bits per heavy atom. The van der Waals surface area contributed by atoms with Crippen molar-refractivity contribution in [1.82, 2.24) is 10.6 Å². The fourth-order valence-electron chi connectivity index (χ4n) is 4.11. The van der Waals surface area contributed by atoms with Gasteiger partial charge in [0.25, 0.3) is 0 Å². The molecule has 2 amide bonds. The summed E-state index contributed by atoms with van der Waals surface area (Å²) in [6.45, 7) is 1.62. The zero-order valence-corrected chi connectivity index (χ0v) is 34.4. The number of aliphatic hydroxyl groups excluding tert-OH is 10. The molecule has 3 rings (SSSR count). The van der Waals surface area contributed by atoms with Gasteiger partial charge in [0.1, 0.15) is 48.9 Å². The van der Waals surface area contributed by atoms with Gasteiger partial charge in [-0.3, -0.25) is 9.59 Å². The number of hydrogen-bond acceptors (Lipinski definition) is 19. The average Bonchev–Trinajstić information content (AvgIpc) is 3.03. The monoisotopic (exact) mass is 816 g/mol. The summed E-state index contributed by atoms with van der Waals surface area (Å²) in [6, 6.07) is -0.751. The molecule has 0 aromatic heterocycles. The molecule has 3 aliphatic heterocycles. The standard InChI is InChI=1S/C8H17NO5.C8H15NO4.C6H10O5.C6H8O5.2Na.3H2O/c1-5(12)9-6(3-10)2-7(13)8(14)4-11;1-5(11)9-6-2-7(12)8(3-10)13-4-6;2*7-3-1-5(6(9)10)11-2-4(3)8;;;;;/h6-8,10-11,13-14H,2-4H2,1H3,(H,9,12);6-8,10,12H,2-4H2,1H3,(H,9,11);3-5,7-8H,1-2H2,(H,9,10);1,3-4,7-8H,2H2,(H,9,10);;;3*1H2/q;;;;2*+1;;;/p-2. The third-order valence-electron chi connectivity index (χ3n) is 6.80. The van der Waals surface area contributed by atoms with E-state index >= 15 is 0 Å². The van der Waals surface area contributed by atoms with E-state index in [2.05, 4.69) is 20.1 Å². The second kappa shape index (κ2) is 35.0. The Kier molecular flexibility index (Phi) is 42.0. The van der Waals surface area contributed by atoms with Gasteiger partial charge in [0.2, 0.25) is 11.8 Å². The van der Waals surface area contributed by atoms with Gasteiger partial charge in [-0.05, 0) is 18.9 Å². The number of ether oxygens (including phenoxy) is 3. The number of carboxylic acids is 2. The molecule has 0 aliphatic carbocycles. The smallest absolute Gasteiger partial charge is 0.547 e. The van der Waals surface area contributed by atoms with E-state index in [-0.39, 0.29) is 133 Å². The summed E-state index contributed by atoms with van der Waals surface area (Å²) in [5.74, 6) is -3.73. The van der Waals surface area contributed by atoms with Crippen LogP contribution in [0.25, 0.3) is 0 Å². The Hall–Kier alpha value is -1.18. The van der Waals surface area contributed by atoms with Gasteiger partial charge >= 0.3 is 59.1 Å². The number of aliphatic carboxylic acids is 2. The molecule has 11 unspecified atom stereocenters. The third-order valence-corrected chi connectivity index (χ3v) is 6.80. The molecule has 0 saturated carbocycles. The number of aliphatic hydroxyl groups is 10. The van der Waals surface area contributed by atoms with E-state index in [1.807, 2.05) is 0 Å². The fraction of sp³-hybridized carbons (Fsp3) is 0.786. The first-order chi connectivity index (χ1) is 22.9. The number of amides is 2. The molecular weight excluding hydrogens is 762 g/mol. The third kappa shape index (κ3) is 27.4. The van der Waals surface area contributed by atoms with Crippen LogP contribution in [-0.2, 0) is 33.4 Å². The molecule has 310 valence electrons. The molecule has 54 heavy (non-hydrogen) atoms. The number of carbonyl (C=O) groups is 4. The minimum atomic E-state index is -1.49. The second-order valence-electron chi connectivity index (χ2n) is 11.1. The van der Waals surface area contributed by atoms with Gasteiger partial charge < -0.3 is 112 Å². The molecule has 3 aliphatic rings. The van der Waals surface area contributed by atoms with Crippen LogP contribution in [0, 0.1) is 0 Å². The van der Waals surface area contributed by atoms with Crippen molar-refractivity contribution in [2.24, 2.45) is 0 Å². The minimum Gasteiger partial charge on any atom is -0.547 e. The van der Waals surface area contributed by atoms with E-state index in [4.69, 9.17) is 45.6 Å². The molecule has 11 atom stereocenters. The summed E-state index contributed by atoms with van der Waals surface area (Å²) in [4.78, 5) is 41.6. The Morgan fingerprint density at radius 3 is 1.74 bits per heavy atom. The van der Waals surface area contributed by atoms with E-state index in [0.717, 1.165) is 6.08 Å². The van der Waals surface area contributed by atoms with Gasteiger partial charge in [0.15, 0.2) is 0 Å². The van der Waals surface area contributed by atoms with Crippen molar-refractivity contribution in [2.45, 2.75) is 100 Å². The number of nitrogens with one attached hydrogen (secondary N) is 2. The van der Waals surface area contributed by atoms with Crippen molar-refractivity contribution in [1.29, 1.82) is 0 Å². The molecule has 26 heteroatoms. The predicted octanol–water partition coefficient (Wildman–Crippen LogP) is -17.6. The van der Waals surface area contributed by atoms with Gasteiger partial charge in [-0.25, -0.2) is 0 Å². The molecule has 2 fully saturated rings. The molecule has 0 spiro atoms. The Labute approximate surface area is 354 Å². The van der Waals surface area contributed by atoms with Crippen molar-refractivity contribution in [3.8, 4) is 0 Å². The van der Waals surface area contributed by atoms with E-state index in [0.29, 0.717) is 13.0 Å². The molecule has 0 aromatic carbocycles. The van der Waals surface area contributed by atoms with Crippen molar-refractivity contribution in [2.75, 3.05) is 39.6 Å². The molecule has 2 saturated heterocycles. The van der Waals surface area contributed by atoms with E-state index in [1.165, 1.54) is 13.8 Å². The summed E-state index contributed by atoms with van der Waals surface area (Å²) in [5, 5.41) is 115. The van der Waals surface area contributed by atoms with Crippen LogP contribution < -0.4 is 80.0 Å². The molecule has 3 heterocycles. The maximum absolute atomic E-state index is 10.7. The van der Waals surface area contributed by atoms with Crippen molar-refractivity contribution >= 4 is 23.8 Å². The Morgan fingerprint density at radius 1 is 0.778 bits per heavy atom. The first-order valence-corrected chi connectivity index (χ1v) is 15.0. The van der Waals surface area contributed by atoms with Crippen LogP contribution in [0.15, 0.2) is 11.8 Å². The van der Waals surface area contributed by atoms with Crippen molar-refractivity contribution < 1.29 is 170 Å². The maximum atomic E-state index is 10.7. The van der Waals surface area contributed by atoms with Gasteiger partial charge in [-0.1, -0.05) is 0 Å². The summed E-state index contributed by atoms with van der Waals surface area (Å²) < 4.78 is 14.3. The number of rotatable bonds is 10. The van der Waals surface area contributed by atoms with E-state index in [1.54, 1.807) is 0 Å². The zero-order chi connectivity index (χ0) is 37.8. The van der Waals surface area contributed by atoms with Crippen LogP contribution in [0.1, 0.15) is 33.1 Å². The molecule has 18 N–H and O–H groups in total. The number of hydrogen-bond donors (Lipinski definition) is 12. The quantitative estimate of drug-likeness (QED) is 0.0911. The van der Waals surface area contributed by atoms with Crippen LogP contribution in [0.2, 0.25) is 0 Å². The summed E-state index contributed by atoms with van der Waals surface area (Å²) in [6.07, 6.45) is -7.72. The average molecular weight is 817 g/mol. The first-order valence-electron chi connectivity index (χ1n) is 15.0. The molecular formula is C28H54N2Na2O22. The molecule has 0 aromatic rings. The van der Waals surface area contributed by atoms with Crippen LogP contribution in [0.4, 0.5) is 0 Å². The van der Waals surface area contributed by atoms with Crippen LogP contribution >= 0.6 is 0 Å². The zero-order valence-electron chi connectivity index (χ0n) is 30.4. The second-order valence-corrected chi connectivity index (χ2v) is 11.1. The molecule has 0 radical (unpaired) electrons. The SMILES string of the molecule is CC(=O)NC(CO)CC(O)C(O)CO.CC(=O)NC1COC(CO)C(O)C1.O.O.O.O=C([O-])C1=CC(O)C(O)CO1.O=C([O-])C1CC(O)C(O)CO1.[Na+].[Na+]. The minimum absolute atomic E-state index is 0. The van der Waals surface area contributed by atoms with Crippen LogP contribution in [-0.4, -0.2) is 198 Å². The van der Waals surface area contributed by atoms with Crippen molar-refractivity contribution in [3.05, 3.63) is 11.8 Å². The fourth-order valence-corrected chi connectivity index (χ4v) is 4.11. The van der Waals surface area contributed by atoms with Gasteiger partial charge in [0, 0.05) is 20.3 Å². The van der Waals surface area contributed by atoms with Crippen LogP contribution in [0.5, 0.6) is 0 Å². The normalized spacial score (nSPS) is 26.8. The first kappa shape index (κ1) is 64.7. The predicted molar refractivity (Wildman–Crippen MR) is 167 cm³/mol. The van der Waals surface area contributed by atoms with Crippen molar-refractivity contribution in [3.63, 3.8) is 0 Å². The Balaban J connectivity index is -0.000000138. The van der Waals surface area contributed by atoms with Gasteiger partial charge in [-0.15, -0.1) is 0 Å². The van der Waals surface area contributed by atoms with Crippen LogP contribution in [0.3, 0.4) is 0 Å². The summed E-state index contributed by atoms with van der Waals surface area (Å²) in [5.41, 5.74) is 0. The van der Waals surface area contributed by atoms with E-state index < -0.39 is 85.3 Å². The van der Waals surface area contributed by atoms with E-state index in [9.17, 15) is 39.6 Å². The molecule has 24 nitrogen and oxygen atoms in total. The maximum Gasteiger partial charge on any atom is 1.00 e. The largest absolute Gasteiger partial charge is 1.00 e. The number of carboxylic acid groups (broad SMARTS) is 2. The number of carbonyl (C=O) groups excluding carboxylic acids is 4. The topological polar surface area (TPSA) is 463 Å². The van der Waals surface area contributed by atoms with Gasteiger partial charge in [-0.2, -0.15) is 0 Å². The summed E-state index contributed by atoms with van der Waals surface area (Å²) in [7, 11) is 0.